The van der Waals surface area contributed by atoms with E-state index in [9.17, 15) is 0 Å². The molecule has 0 saturated heterocycles. The van der Waals surface area contributed by atoms with E-state index in [1.54, 1.807) is 24.3 Å². The second kappa shape index (κ2) is 7.10. The molecule has 0 aliphatic rings. The number of hydrogen-bond donors (Lipinski definition) is 1. The van der Waals surface area contributed by atoms with Crippen LogP contribution in [0, 0.1) is 0 Å². The molecule has 0 bridgehead atoms. The highest BCUT2D eigenvalue weighted by molar-refractivity contribution is 6.30. The number of ether oxygens (including phenoxy) is 3. The third-order valence-corrected chi connectivity index (χ3v) is 2.99. The number of halogens is 1. The third-order valence-electron chi connectivity index (χ3n) is 2.74. The third kappa shape index (κ3) is 3.96. The van der Waals surface area contributed by atoms with Crippen molar-refractivity contribution in [2.24, 2.45) is 5.73 Å². The Morgan fingerprint density at radius 1 is 1.19 bits per heavy atom. The van der Waals surface area contributed by atoms with Gasteiger partial charge >= 0.3 is 0 Å². The van der Waals surface area contributed by atoms with Crippen molar-refractivity contribution in [3.63, 3.8) is 0 Å². The fraction of sp³-hybridized carbons (Fsp3) is 0.286. The van der Waals surface area contributed by atoms with Crippen molar-refractivity contribution in [2.75, 3.05) is 20.8 Å². The van der Waals surface area contributed by atoms with E-state index in [4.69, 9.17) is 31.5 Å². The summed E-state index contributed by atoms with van der Waals surface area (Å²) < 4.78 is 15.8. The van der Waals surface area contributed by atoms with E-state index in [2.05, 4.69) is 9.97 Å². The Morgan fingerprint density at radius 2 is 1.90 bits per heavy atom. The Balaban J connectivity index is 2.05. The zero-order valence-electron chi connectivity index (χ0n) is 11.7. The average molecular weight is 310 g/mol. The van der Waals surface area contributed by atoms with Crippen molar-refractivity contribution in [1.82, 2.24) is 9.97 Å². The predicted molar refractivity (Wildman–Crippen MR) is 79.0 cm³/mol. The Hall–Kier alpha value is -2.05. The van der Waals surface area contributed by atoms with Crippen LogP contribution < -0.4 is 19.9 Å². The van der Waals surface area contributed by atoms with Crippen molar-refractivity contribution < 1.29 is 14.2 Å². The van der Waals surface area contributed by atoms with Crippen LogP contribution in [-0.4, -0.2) is 30.8 Å². The van der Waals surface area contributed by atoms with Crippen molar-refractivity contribution in [3.8, 4) is 17.5 Å². The van der Waals surface area contributed by atoms with Crippen molar-refractivity contribution in [1.29, 1.82) is 0 Å². The molecule has 1 heterocycles. The quantitative estimate of drug-likeness (QED) is 0.881. The summed E-state index contributed by atoms with van der Waals surface area (Å²) in [5, 5.41) is 0.648. The maximum atomic E-state index is 6.07. The van der Waals surface area contributed by atoms with Gasteiger partial charge in [0.25, 0.3) is 0 Å². The molecular formula is C14H16ClN3O3. The first-order chi connectivity index (χ1) is 10.1. The lowest BCUT2D eigenvalue weighted by Gasteiger charge is -2.15. The molecule has 0 aliphatic heterocycles. The molecule has 1 atom stereocenters. The molecule has 1 aromatic carbocycles. The summed E-state index contributed by atoms with van der Waals surface area (Å²) in [6, 6.07) is 6.55. The van der Waals surface area contributed by atoms with E-state index < -0.39 is 6.04 Å². The number of nitrogens with two attached hydrogens (primary N) is 1. The molecule has 1 aromatic heterocycles. The van der Waals surface area contributed by atoms with Crippen LogP contribution in [-0.2, 0) is 0 Å². The van der Waals surface area contributed by atoms with Gasteiger partial charge < -0.3 is 19.9 Å². The Labute approximate surface area is 127 Å². The summed E-state index contributed by atoms with van der Waals surface area (Å²) in [5.41, 5.74) is 6.57. The van der Waals surface area contributed by atoms with Gasteiger partial charge in [-0.25, -0.2) is 4.98 Å². The number of nitrogens with zero attached hydrogens (tertiary/aromatic N) is 2. The highest BCUT2D eigenvalue weighted by atomic mass is 35.5. The molecule has 0 fully saturated rings. The van der Waals surface area contributed by atoms with Gasteiger partial charge in [-0.1, -0.05) is 11.6 Å². The summed E-state index contributed by atoms with van der Waals surface area (Å²) in [5.74, 6) is 1.36. The highest BCUT2D eigenvalue weighted by Gasteiger charge is 2.17. The monoisotopic (exact) mass is 309 g/mol. The fourth-order valence-electron chi connectivity index (χ4n) is 1.66. The molecule has 6 nitrogen and oxygen atoms in total. The lowest BCUT2D eigenvalue weighted by atomic mass is 10.2. The van der Waals surface area contributed by atoms with Gasteiger partial charge in [-0.05, 0) is 24.3 Å². The van der Waals surface area contributed by atoms with Crippen LogP contribution in [0.4, 0.5) is 0 Å². The van der Waals surface area contributed by atoms with E-state index in [1.165, 1.54) is 20.4 Å². The fourth-order valence-corrected chi connectivity index (χ4v) is 1.79. The lowest BCUT2D eigenvalue weighted by Crippen LogP contribution is -2.21. The maximum Gasteiger partial charge on any atom is 0.240 e. The smallest absolute Gasteiger partial charge is 0.240 e. The van der Waals surface area contributed by atoms with Gasteiger partial charge in [-0.3, -0.25) is 0 Å². The standard InChI is InChI=1S/C14H16ClN3O3/c1-19-12-7-17-13(14(18-12)20-2)11(16)8-21-10-5-3-9(15)4-6-10/h3-7,11H,8,16H2,1-2H3. The molecule has 0 spiro atoms. The van der Waals surface area contributed by atoms with Gasteiger partial charge in [0.2, 0.25) is 11.8 Å². The summed E-state index contributed by atoms with van der Waals surface area (Å²) in [4.78, 5) is 8.35. The number of hydrogen-bond acceptors (Lipinski definition) is 6. The Bertz CT molecular complexity index is 593. The van der Waals surface area contributed by atoms with Crippen molar-refractivity contribution >= 4 is 11.6 Å². The number of rotatable bonds is 6. The highest BCUT2D eigenvalue weighted by Crippen LogP contribution is 2.23. The van der Waals surface area contributed by atoms with E-state index >= 15 is 0 Å². The van der Waals surface area contributed by atoms with Crippen LogP contribution >= 0.6 is 11.6 Å². The molecule has 2 aromatic rings. The van der Waals surface area contributed by atoms with E-state index in [0.717, 1.165) is 0 Å². The minimum absolute atomic E-state index is 0.235. The molecule has 0 amide bonds. The normalized spacial score (nSPS) is 11.8. The number of aromatic nitrogens is 2. The van der Waals surface area contributed by atoms with Crippen molar-refractivity contribution in [3.05, 3.63) is 41.2 Å². The molecule has 0 radical (unpaired) electrons. The molecular weight excluding hydrogens is 294 g/mol. The molecule has 2 N–H and O–H groups in total. The van der Waals surface area contributed by atoms with Crippen LogP contribution in [0.3, 0.4) is 0 Å². The minimum Gasteiger partial charge on any atom is -0.492 e. The first-order valence-electron chi connectivity index (χ1n) is 6.23. The summed E-state index contributed by atoms with van der Waals surface area (Å²) >= 11 is 5.81. The van der Waals surface area contributed by atoms with Gasteiger partial charge in [-0.15, -0.1) is 0 Å². The average Bonchev–Trinajstić information content (AvgIpc) is 2.53. The van der Waals surface area contributed by atoms with Gasteiger partial charge in [0.15, 0.2) is 0 Å². The van der Waals surface area contributed by atoms with Gasteiger partial charge in [0.05, 0.1) is 26.5 Å². The summed E-state index contributed by atoms with van der Waals surface area (Å²) in [6.45, 7) is 0.235. The zero-order valence-corrected chi connectivity index (χ0v) is 12.5. The summed E-state index contributed by atoms with van der Waals surface area (Å²) in [6.07, 6.45) is 1.49. The van der Waals surface area contributed by atoms with Crippen LogP contribution in [0.25, 0.3) is 0 Å². The molecule has 0 aliphatic carbocycles. The summed E-state index contributed by atoms with van der Waals surface area (Å²) in [7, 11) is 3.01. The Kier molecular flexibility index (Phi) is 5.19. The molecule has 112 valence electrons. The predicted octanol–water partition coefficient (Wildman–Crippen LogP) is 2.23. The second-order valence-electron chi connectivity index (χ2n) is 4.18. The minimum atomic E-state index is -0.478. The number of methoxy groups -OCH3 is 2. The molecule has 0 saturated carbocycles. The SMILES string of the molecule is COc1cnc(C(N)COc2ccc(Cl)cc2)c(OC)n1. The lowest BCUT2D eigenvalue weighted by molar-refractivity contribution is 0.280. The van der Waals surface area contributed by atoms with Crippen LogP contribution in [0.1, 0.15) is 11.7 Å². The van der Waals surface area contributed by atoms with Gasteiger partial charge in [-0.2, -0.15) is 4.98 Å². The topological polar surface area (TPSA) is 79.5 Å². The molecule has 21 heavy (non-hydrogen) atoms. The molecule has 2 rings (SSSR count). The molecule has 1 unspecified atom stereocenters. The Morgan fingerprint density at radius 3 is 2.52 bits per heavy atom. The maximum absolute atomic E-state index is 6.07. The molecule has 7 heteroatoms. The van der Waals surface area contributed by atoms with Crippen LogP contribution in [0.2, 0.25) is 5.02 Å². The van der Waals surface area contributed by atoms with E-state index in [1.807, 2.05) is 0 Å². The van der Waals surface area contributed by atoms with E-state index in [0.29, 0.717) is 28.2 Å². The second-order valence-corrected chi connectivity index (χ2v) is 4.61. The zero-order chi connectivity index (χ0) is 15.2. The van der Waals surface area contributed by atoms with Gasteiger partial charge in [0.1, 0.15) is 18.1 Å². The number of benzene rings is 1. The van der Waals surface area contributed by atoms with Crippen LogP contribution in [0.15, 0.2) is 30.5 Å². The van der Waals surface area contributed by atoms with E-state index in [-0.39, 0.29) is 6.61 Å². The first-order valence-corrected chi connectivity index (χ1v) is 6.60. The van der Waals surface area contributed by atoms with Gasteiger partial charge in [0, 0.05) is 5.02 Å². The van der Waals surface area contributed by atoms with Crippen molar-refractivity contribution in [2.45, 2.75) is 6.04 Å². The largest absolute Gasteiger partial charge is 0.492 e. The first kappa shape index (κ1) is 15.3. The van der Waals surface area contributed by atoms with Crippen LogP contribution in [0.5, 0.6) is 17.5 Å².